The van der Waals surface area contributed by atoms with Gasteiger partial charge in [-0.25, -0.2) is 9.38 Å². The number of hydrogen-bond donors (Lipinski definition) is 4. The molecule has 1 unspecified atom stereocenters. The lowest BCUT2D eigenvalue weighted by Crippen LogP contribution is -2.40. The van der Waals surface area contributed by atoms with Gasteiger partial charge in [0.1, 0.15) is 0 Å². The van der Waals surface area contributed by atoms with Crippen molar-refractivity contribution in [3.05, 3.63) is 29.6 Å². The lowest BCUT2D eigenvalue weighted by Gasteiger charge is -2.18. The number of aliphatic imine (C=N–C) groups is 1. The minimum Gasteiger partial charge on any atom is -0.505 e. The van der Waals surface area contributed by atoms with Gasteiger partial charge in [-0.2, -0.15) is 0 Å². The molecule has 0 aliphatic heterocycles. The predicted octanol–water partition coefficient (Wildman–Crippen LogP) is 3.00. The van der Waals surface area contributed by atoms with Gasteiger partial charge in [-0.3, -0.25) is 0 Å². The molecule has 0 aliphatic carbocycles. The molecule has 1 atom stereocenters. The van der Waals surface area contributed by atoms with Gasteiger partial charge in [0, 0.05) is 19.7 Å². The van der Waals surface area contributed by atoms with Crippen molar-refractivity contribution in [3.8, 4) is 5.75 Å². The summed E-state index contributed by atoms with van der Waals surface area (Å²) in [5.41, 5.74) is 0.693. The first-order valence-corrected chi connectivity index (χ1v) is 8.21. The summed E-state index contributed by atoms with van der Waals surface area (Å²) in [5, 5.41) is 24.7. The number of phenols is 1. The highest BCUT2D eigenvalue weighted by atomic mass is 127. The summed E-state index contributed by atoms with van der Waals surface area (Å²) in [5.74, 6) is 0.0794. The van der Waals surface area contributed by atoms with Crippen LogP contribution in [0, 0.1) is 11.7 Å². The number of nitrogens with zero attached hydrogens (tertiary/aromatic N) is 1. The molecule has 0 aromatic heterocycles. The normalized spacial score (nSPS) is 12.4. The summed E-state index contributed by atoms with van der Waals surface area (Å²) in [7, 11) is 0. The number of aliphatic hydroxyl groups is 1. The third-order valence-electron chi connectivity index (χ3n) is 3.57. The van der Waals surface area contributed by atoms with E-state index in [4.69, 9.17) is 5.11 Å². The van der Waals surface area contributed by atoms with Gasteiger partial charge in [-0.15, -0.1) is 24.0 Å². The third kappa shape index (κ3) is 8.68. The van der Waals surface area contributed by atoms with Gasteiger partial charge < -0.3 is 20.8 Å². The average molecular weight is 453 g/mol. The van der Waals surface area contributed by atoms with E-state index in [9.17, 15) is 9.50 Å². The number of aliphatic hydroxyl groups excluding tert-OH is 1. The number of hydrogen-bond acceptors (Lipinski definition) is 3. The zero-order chi connectivity index (χ0) is 17.1. The van der Waals surface area contributed by atoms with Crippen molar-refractivity contribution >= 4 is 29.9 Å². The molecule has 1 aromatic carbocycles. The first-order valence-electron chi connectivity index (χ1n) is 8.21. The van der Waals surface area contributed by atoms with Crippen LogP contribution in [0.25, 0.3) is 0 Å². The van der Waals surface area contributed by atoms with Crippen molar-refractivity contribution in [3.63, 3.8) is 0 Å². The highest BCUT2D eigenvalue weighted by molar-refractivity contribution is 14.0. The van der Waals surface area contributed by atoms with Crippen LogP contribution in [-0.4, -0.2) is 35.9 Å². The van der Waals surface area contributed by atoms with Crippen LogP contribution in [0.2, 0.25) is 0 Å². The molecule has 1 rings (SSSR count). The van der Waals surface area contributed by atoms with E-state index in [0.717, 1.165) is 32.4 Å². The largest absolute Gasteiger partial charge is 0.505 e. The average Bonchev–Trinajstić information content (AvgIpc) is 2.53. The second-order valence-corrected chi connectivity index (χ2v) is 5.53. The van der Waals surface area contributed by atoms with E-state index in [2.05, 4.69) is 22.5 Å². The molecular formula is C17H29FIN3O2. The van der Waals surface area contributed by atoms with Gasteiger partial charge in [-0.1, -0.05) is 19.4 Å². The highest BCUT2D eigenvalue weighted by Gasteiger charge is 2.08. The van der Waals surface area contributed by atoms with Gasteiger partial charge >= 0.3 is 0 Å². The molecule has 0 radical (unpaired) electrons. The van der Waals surface area contributed by atoms with Crippen LogP contribution in [0.5, 0.6) is 5.75 Å². The molecule has 0 saturated carbocycles. The maximum atomic E-state index is 13.3. The van der Waals surface area contributed by atoms with E-state index in [1.165, 1.54) is 12.1 Å². The van der Waals surface area contributed by atoms with Crippen molar-refractivity contribution < 1.29 is 14.6 Å². The molecule has 0 saturated heterocycles. The van der Waals surface area contributed by atoms with E-state index < -0.39 is 5.82 Å². The molecule has 7 heteroatoms. The number of phenolic OH excluding ortho intramolecular Hbond substituents is 1. The van der Waals surface area contributed by atoms with Gasteiger partial charge in [0.05, 0.1) is 6.54 Å². The highest BCUT2D eigenvalue weighted by Crippen LogP contribution is 2.16. The maximum absolute atomic E-state index is 13.3. The summed E-state index contributed by atoms with van der Waals surface area (Å²) >= 11 is 0. The smallest absolute Gasteiger partial charge is 0.191 e. The predicted molar refractivity (Wildman–Crippen MR) is 106 cm³/mol. The fourth-order valence-electron chi connectivity index (χ4n) is 2.34. The van der Waals surface area contributed by atoms with Crippen molar-refractivity contribution in [2.75, 3.05) is 19.7 Å². The molecule has 0 aliphatic rings. The van der Waals surface area contributed by atoms with Crippen molar-refractivity contribution in [2.45, 2.75) is 39.7 Å². The fourth-order valence-corrected chi connectivity index (χ4v) is 2.34. The van der Waals surface area contributed by atoms with E-state index in [-0.39, 0.29) is 36.3 Å². The molecule has 1 aromatic rings. The molecule has 4 N–H and O–H groups in total. The fraction of sp³-hybridized carbons (Fsp3) is 0.588. The first kappa shape index (κ1) is 22.9. The molecule has 0 spiro atoms. The molecule has 0 bridgehead atoms. The standard InChI is InChI=1S/C17H28FN3O2.HI/c1-3-5-13(8-9-22)11-20-17(19-4-2)21-12-14-6-7-16(23)15(18)10-14;/h6-7,10,13,22-23H,3-5,8-9,11-12H2,1-2H3,(H2,19,20,21);1H. The number of guanidine groups is 1. The third-order valence-corrected chi connectivity index (χ3v) is 3.57. The quantitative estimate of drug-likeness (QED) is 0.264. The zero-order valence-electron chi connectivity index (χ0n) is 14.4. The molecule has 0 fully saturated rings. The Kier molecular flexibility index (Phi) is 12.6. The van der Waals surface area contributed by atoms with Crippen LogP contribution in [0.4, 0.5) is 4.39 Å². The molecule has 138 valence electrons. The van der Waals surface area contributed by atoms with Crippen LogP contribution >= 0.6 is 24.0 Å². The number of nitrogens with one attached hydrogen (secondary N) is 2. The van der Waals surface area contributed by atoms with Crippen molar-refractivity contribution in [2.24, 2.45) is 10.9 Å². The molecule has 0 amide bonds. The SMILES string of the molecule is CCCC(CCO)CNC(=NCc1ccc(O)c(F)c1)NCC.I. The van der Waals surface area contributed by atoms with Gasteiger partial charge in [-0.05, 0) is 43.4 Å². The Labute approximate surface area is 160 Å². The summed E-state index contributed by atoms with van der Waals surface area (Å²) in [6.45, 7) is 6.09. The monoisotopic (exact) mass is 453 g/mol. The minimum atomic E-state index is -0.637. The number of halogens is 2. The lowest BCUT2D eigenvalue weighted by molar-refractivity contribution is 0.251. The summed E-state index contributed by atoms with van der Waals surface area (Å²) < 4.78 is 13.3. The molecule has 24 heavy (non-hydrogen) atoms. The van der Waals surface area contributed by atoms with E-state index in [0.29, 0.717) is 24.0 Å². The van der Waals surface area contributed by atoms with E-state index >= 15 is 0 Å². The van der Waals surface area contributed by atoms with Gasteiger partial charge in [0.25, 0.3) is 0 Å². The van der Waals surface area contributed by atoms with Gasteiger partial charge in [0.15, 0.2) is 17.5 Å². The van der Waals surface area contributed by atoms with E-state index in [1.807, 2.05) is 6.92 Å². The Morgan fingerprint density at radius 2 is 2.00 bits per heavy atom. The van der Waals surface area contributed by atoms with Crippen LogP contribution in [0.1, 0.15) is 38.7 Å². The second-order valence-electron chi connectivity index (χ2n) is 5.53. The maximum Gasteiger partial charge on any atom is 0.191 e. The van der Waals surface area contributed by atoms with Crippen LogP contribution in [-0.2, 0) is 6.54 Å². The van der Waals surface area contributed by atoms with Crippen LogP contribution in [0.3, 0.4) is 0 Å². The lowest BCUT2D eigenvalue weighted by atomic mass is 10.0. The molecule has 0 heterocycles. The van der Waals surface area contributed by atoms with Crippen LogP contribution in [0.15, 0.2) is 23.2 Å². The number of rotatable bonds is 9. The Bertz CT molecular complexity index is 495. The van der Waals surface area contributed by atoms with Crippen molar-refractivity contribution in [1.82, 2.24) is 10.6 Å². The molecular weight excluding hydrogens is 424 g/mol. The van der Waals surface area contributed by atoms with Crippen molar-refractivity contribution in [1.29, 1.82) is 0 Å². The second kappa shape index (κ2) is 13.2. The number of aromatic hydroxyl groups is 1. The van der Waals surface area contributed by atoms with E-state index in [1.54, 1.807) is 6.07 Å². The Morgan fingerprint density at radius 3 is 2.58 bits per heavy atom. The Hall–Kier alpha value is -1.09. The van der Waals surface area contributed by atoms with Gasteiger partial charge in [0.2, 0.25) is 0 Å². The minimum absolute atomic E-state index is 0. The Morgan fingerprint density at radius 1 is 1.25 bits per heavy atom. The number of benzene rings is 1. The summed E-state index contributed by atoms with van der Waals surface area (Å²) in [6.07, 6.45) is 2.90. The summed E-state index contributed by atoms with van der Waals surface area (Å²) in [6, 6.07) is 4.27. The van der Waals surface area contributed by atoms with Crippen LogP contribution < -0.4 is 10.6 Å². The summed E-state index contributed by atoms with van der Waals surface area (Å²) in [4.78, 5) is 4.43. The Balaban J connectivity index is 0.00000529. The molecule has 5 nitrogen and oxygen atoms in total. The topological polar surface area (TPSA) is 76.9 Å². The zero-order valence-corrected chi connectivity index (χ0v) is 16.7. The first-order chi connectivity index (χ1) is 11.1.